The van der Waals surface area contributed by atoms with E-state index in [4.69, 9.17) is 4.74 Å². The van der Waals surface area contributed by atoms with Crippen LogP contribution in [0.4, 0.5) is 0 Å². The van der Waals surface area contributed by atoms with Crippen molar-refractivity contribution < 1.29 is 14.3 Å². The number of amides is 1. The molecule has 0 spiro atoms. The Morgan fingerprint density at radius 1 is 1.14 bits per heavy atom. The second-order valence-corrected chi connectivity index (χ2v) is 5.05. The molecule has 7 nitrogen and oxygen atoms in total. The maximum atomic E-state index is 11.9. The predicted octanol–water partition coefficient (Wildman–Crippen LogP) is 1.05. The van der Waals surface area contributed by atoms with E-state index in [9.17, 15) is 9.59 Å². The molecule has 2 aromatic rings. The highest BCUT2D eigenvalue weighted by Gasteiger charge is 2.19. The average Bonchev–Trinajstić information content (AvgIpc) is 3.25. The lowest BCUT2D eigenvalue weighted by Crippen LogP contribution is -2.32. The van der Waals surface area contributed by atoms with Crippen molar-refractivity contribution in [1.82, 2.24) is 19.7 Å². The number of hydrogen-bond donors (Lipinski definition) is 0. The summed E-state index contributed by atoms with van der Waals surface area (Å²) in [6.07, 6.45) is 5.04. The molecule has 1 aliphatic rings. The number of carbonyl (C=O) groups excluding carboxylic acids is 2. The summed E-state index contributed by atoms with van der Waals surface area (Å²) < 4.78 is 6.66. The fraction of sp³-hybridized carbons (Fsp3) is 0.333. The van der Waals surface area contributed by atoms with E-state index in [-0.39, 0.29) is 12.5 Å². The molecule has 1 fully saturated rings. The van der Waals surface area contributed by atoms with E-state index in [0.717, 1.165) is 31.6 Å². The minimum atomic E-state index is -0.502. The van der Waals surface area contributed by atoms with E-state index in [1.54, 1.807) is 40.2 Å². The molecular weight excluding hydrogens is 284 g/mol. The summed E-state index contributed by atoms with van der Waals surface area (Å²) in [4.78, 5) is 29.3. The minimum Gasteiger partial charge on any atom is -0.452 e. The molecule has 2 heterocycles. The first kappa shape index (κ1) is 14.2. The number of ether oxygens (including phenoxy) is 1. The molecule has 114 valence electrons. The van der Waals surface area contributed by atoms with Gasteiger partial charge >= 0.3 is 5.97 Å². The van der Waals surface area contributed by atoms with Crippen LogP contribution in [0.15, 0.2) is 36.9 Å². The fourth-order valence-electron chi connectivity index (χ4n) is 2.36. The van der Waals surface area contributed by atoms with Crippen LogP contribution in [0.1, 0.15) is 23.2 Å². The number of aromatic nitrogens is 3. The lowest BCUT2D eigenvalue weighted by Gasteiger charge is -2.14. The van der Waals surface area contributed by atoms with Gasteiger partial charge in [-0.15, -0.1) is 0 Å². The van der Waals surface area contributed by atoms with E-state index in [0.29, 0.717) is 5.56 Å². The van der Waals surface area contributed by atoms with Gasteiger partial charge in [-0.3, -0.25) is 4.79 Å². The molecule has 0 radical (unpaired) electrons. The topological polar surface area (TPSA) is 77.3 Å². The first-order chi connectivity index (χ1) is 10.7. The zero-order valence-corrected chi connectivity index (χ0v) is 12.0. The van der Waals surface area contributed by atoms with Crippen LogP contribution < -0.4 is 0 Å². The van der Waals surface area contributed by atoms with Crippen molar-refractivity contribution in [2.24, 2.45) is 0 Å². The van der Waals surface area contributed by atoms with Crippen LogP contribution in [0.2, 0.25) is 0 Å². The zero-order valence-electron chi connectivity index (χ0n) is 12.0. The van der Waals surface area contributed by atoms with Crippen molar-refractivity contribution in [1.29, 1.82) is 0 Å². The number of rotatable bonds is 4. The molecule has 1 aliphatic heterocycles. The molecule has 0 bridgehead atoms. The highest BCUT2D eigenvalue weighted by Crippen LogP contribution is 2.10. The first-order valence-corrected chi connectivity index (χ1v) is 7.14. The summed E-state index contributed by atoms with van der Waals surface area (Å²) in [6.45, 7) is 1.30. The van der Waals surface area contributed by atoms with Crippen LogP contribution >= 0.6 is 0 Å². The number of benzene rings is 1. The maximum Gasteiger partial charge on any atom is 0.338 e. The quantitative estimate of drug-likeness (QED) is 0.789. The molecule has 22 heavy (non-hydrogen) atoms. The summed E-state index contributed by atoms with van der Waals surface area (Å²) in [5.74, 6) is -0.636. The van der Waals surface area contributed by atoms with Gasteiger partial charge in [0.25, 0.3) is 5.91 Å². The Kier molecular flexibility index (Phi) is 4.13. The van der Waals surface area contributed by atoms with Gasteiger partial charge in [-0.2, -0.15) is 5.10 Å². The molecule has 1 saturated heterocycles. The number of nitrogens with zero attached hydrogens (tertiary/aromatic N) is 4. The molecule has 0 saturated carbocycles. The Hall–Kier alpha value is -2.70. The first-order valence-electron chi connectivity index (χ1n) is 7.14. The fourth-order valence-corrected chi connectivity index (χ4v) is 2.36. The SMILES string of the molecule is O=C(OCC(=O)N1CCCC1)c1ccc(-n2cncn2)cc1. The van der Waals surface area contributed by atoms with Gasteiger partial charge in [-0.1, -0.05) is 0 Å². The second kappa shape index (κ2) is 6.38. The van der Waals surface area contributed by atoms with Gasteiger partial charge in [0.15, 0.2) is 6.61 Å². The Balaban J connectivity index is 1.57. The lowest BCUT2D eigenvalue weighted by molar-refractivity contribution is -0.133. The van der Waals surface area contributed by atoms with Gasteiger partial charge in [0.2, 0.25) is 0 Å². The van der Waals surface area contributed by atoms with Gasteiger partial charge in [0.1, 0.15) is 12.7 Å². The molecule has 3 rings (SSSR count). The largest absolute Gasteiger partial charge is 0.452 e. The maximum absolute atomic E-state index is 11.9. The zero-order chi connectivity index (χ0) is 15.4. The van der Waals surface area contributed by atoms with E-state index in [2.05, 4.69) is 10.1 Å². The second-order valence-electron chi connectivity index (χ2n) is 5.05. The summed E-state index contributed by atoms with van der Waals surface area (Å²) in [5, 5.41) is 4.00. The molecule has 0 atom stereocenters. The molecule has 1 aromatic carbocycles. The van der Waals surface area contributed by atoms with E-state index < -0.39 is 5.97 Å². The minimum absolute atomic E-state index is 0.134. The highest BCUT2D eigenvalue weighted by atomic mass is 16.5. The van der Waals surface area contributed by atoms with Crippen molar-refractivity contribution in [3.63, 3.8) is 0 Å². The standard InChI is InChI=1S/C15H16N4O3/c20-14(18-7-1-2-8-18)9-22-15(21)12-3-5-13(6-4-12)19-11-16-10-17-19/h3-6,10-11H,1-2,7-9H2. The van der Waals surface area contributed by atoms with Crippen LogP contribution in [-0.4, -0.2) is 51.2 Å². The number of carbonyl (C=O) groups is 2. The van der Waals surface area contributed by atoms with Gasteiger partial charge in [-0.25, -0.2) is 14.5 Å². The molecule has 1 amide bonds. The molecular formula is C15H16N4O3. The van der Waals surface area contributed by atoms with Gasteiger partial charge < -0.3 is 9.64 Å². The van der Waals surface area contributed by atoms with Crippen LogP contribution in [0.25, 0.3) is 5.69 Å². The number of likely N-dealkylation sites (tertiary alicyclic amines) is 1. The van der Waals surface area contributed by atoms with Gasteiger partial charge in [0.05, 0.1) is 11.3 Å². The summed E-state index contributed by atoms with van der Waals surface area (Å²) >= 11 is 0. The normalized spacial score (nSPS) is 14.1. The third-order valence-electron chi connectivity index (χ3n) is 3.57. The summed E-state index contributed by atoms with van der Waals surface area (Å²) in [7, 11) is 0. The smallest absolute Gasteiger partial charge is 0.338 e. The highest BCUT2D eigenvalue weighted by molar-refractivity contribution is 5.91. The van der Waals surface area contributed by atoms with Crippen molar-refractivity contribution >= 4 is 11.9 Å². The molecule has 0 unspecified atom stereocenters. The van der Waals surface area contributed by atoms with Crippen molar-refractivity contribution in [2.45, 2.75) is 12.8 Å². The monoisotopic (exact) mass is 300 g/mol. The average molecular weight is 300 g/mol. The number of esters is 1. The van der Waals surface area contributed by atoms with Crippen molar-refractivity contribution in [2.75, 3.05) is 19.7 Å². The molecule has 1 aromatic heterocycles. The third-order valence-corrected chi connectivity index (χ3v) is 3.57. The Morgan fingerprint density at radius 2 is 1.86 bits per heavy atom. The Labute approximate surface area is 127 Å². The van der Waals surface area contributed by atoms with Crippen molar-refractivity contribution in [3.8, 4) is 5.69 Å². The van der Waals surface area contributed by atoms with Crippen molar-refractivity contribution in [3.05, 3.63) is 42.5 Å². The Bertz CT molecular complexity index is 646. The third kappa shape index (κ3) is 3.13. The predicted molar refractivity (Wildman–Crippen MR) is 77.5 cm³/mol. The lowest BCUT2D eigenvalue weighted by atomic mass is 10.2. The molecule has 0 aliphatic carbocycles. The van der Waals surface area contributed by atoms with E-state index >= 15 is 0 Å². The summed E-state index contributed by atoms with van der Waals surface area (Å²) in [6, 6.07) is 6.76. The van der Waals surface area contributed by atoms with Gasteiger partial charge in [0, 0.05) is 13.1 Å². The molecule has 0 N–H and O–H groups in total. The molecule has 7 heteroatoms. The van der Waals surface area contributed by atoms with Gasteiger partial charge in [-0.05, 0) is 37.1 Å². The Morgan fingerprint density at radius 3 is 2.50 bits per heavy atom. The number of hydrogen-bond acceptors (Lipinski definition) is 5. The van der Waals surface area contributed by atoms with E-state index in [1.807, 2.05) is 0 Å². The van der Waals surface area contributed by atoms with E-state index in [1.165, 1.54) is 6.33 Å². The van der Waals surface area contributed by atoms with Crippen LogP contribution in [0.5, 0.6) is 0 Å². The van der Waals surface area contributed by atoms with Crippen LogP contribution in [-0.2, 0) is 9.53 Å². The van der Waals surface area contributed by atoms with Crippen LogP contribution in [0.3, 0.4) is 0 Å². The summed E-state index contributed by atoms with van der Waals surface area (Å²) in [5.41, 5.74) is 1.19. The van der Waals surface area contributed by atoms with Crippen LogP contribution in [0, 0.1) is 0 Å².